The molecule has 2 N–H and O–H groups in total. The maximum Gasteiger partial charge on any atom is 0.408 e. The molecule has 0 radical (unpaired) electrons. The summed E-state index contributed by atoms with van der Waals surface area (Å²) in [6, 6.07) is 17.8. The quantitative estimate of drug-likeness (QED) is 0.216. The fourth-order valence-corrected chi connectivity index (χ4v) is 4.93. The second-order valence-electron chi connectivity index (χ2n) is 12.1. The number of carbonyl (C=O) groups excluding carboxylic acids is 3. The first kappa shape index (κ1) is 32.6. The van der Waals surface area contributed by atoms with Crippen LogP contribution in [0.15, 0.2) is 60.7 Å². The van der Waals surface area contributed by atoms with Crippen molar-refractivity contribution in [1.29, 1.82) is 0 Å². The minimum Gasteiger partial charge on any atom is -0.444 e. The van der Waals surface area contributed by atoms with Crippen molar-refractivity contribution < 1.29 is 19.1 Å². The maximum atomic E-state index is 14.1. The summed E-state index contributed by atoms with van der Waals surface area (Å²) in [6.45, 7) is 13.5. The van der Waals surface area contributed by atoms with Gasteiger partial charge in [-0.25, -0.2) is 4.79 Å². The van der Waals surface area contributed by atoms with Crippen LogP contribution in [0.5, 0.6) is 0 Å². The Hall–Kier alpha value is -3.87. The van der Waals surface area contributed by atoms with Gasteiger partial charge in [0.1, 0.15) is 17.7 Å². The predicted molar refractivity (Wildman–Crippen MR) is 171 cm³/mol. The Morgan fingerprint density at radius 1 is 0.857 bits per heavy atom. The van der Waals surface area contributed by atoms with Gasteiger partial charge in [0.2, 0.25) is 5.91 Å². The van der Waals surface area contributed by atoms with Crippen molar-refractivity contribution in [2.24, 2.45) is 0 Å². The number of hydrogen-bond donors (Lipinski definition) is 2. The lowest BCUT2D eigenvalue weighted by molar-refractivity contribution is -0.140. The lowest BCUT2D eigenvalue weighted by atomic mass is 9.98. The first-order valence-corrected chi connectivity index (χ1v) is 15.1. The zero-order valence-electron chi connectivity index (χ0n) is 26.3. The van der Waals surface area contributed by atoms with Crippen LogP contribution < -0.4 is 10.6 Å². The summed E-state index contributed by atoms with van der Waals surface area (Å²) in [5.74, 6) is -0.645. The molecule has 0 saturated heterocycles. The number of aryl methyl sites for hydroxylation is 2. The zero-order valence-corrected chi connectivity index (χ0v) is 26.3. The first-order chi connectivity index (χ1) is 19.9. The smallest absolute Gasteiger partial charge is 0.408 e. The van der Waals surface area contributed by atoms with Crippen LogP contribution in [0.1, 0.15) is 89.5 Å². The molecule has 2 unspecified atom stereocenters. The number of nitrogens with zero attached hydrogens (tertiary/aromatic N) is 1. The van der Waals surface area contributed by atoms with E-state index >= 15 is 0 Å². The van der Waals surface area contributed by atoms with Gasteiger partial charge < -0.3 is 20.3 Å². The van der Waals surface area contributed by atoms with Crippen LogP contribution >= 0.6 is 0 Å². The average Bonchev–Trinajstić information content (AvgIpc) is 2.92. The first-order valence-electron chi connectivity index (χ1n) is 15.1. The van der Waals surface area contributed by atoms with Crippen LogP contribution in [-0.2, 0) is 14.3 Å². The lowest BCUT2D eigenvalue weighted by Gasteiger charge is -2.34. The lowest BCUT2D eigenvalue weighted by Crippen LogP contribution is -2.51. The van der Waals surface area contributed by atoms with Crippen LogP contribution in [0.25, 0.3) is 10.8 Å². The largest absolute Gasteiger partial charge is 0.444 e. The van der Waals surface area contributed by atoms with E-state index in [4.69, 9.17) is 4.74 Å². The maximum absolute atomic E-state index is 14.1. The number of rotatable bonds is 12. The molecular weight excluding hydrogens is 526 g/mol. The molecule has 0 aliphatic rings. The Morgan fingerprint density at radius 2 is 1.55 bits per heavy atom. The summed E-state index contributed by atoms with van der Waals surface area (Å²) in [5.41, 5.74) is 2.81. The molecule has 226 valence electrons. The van der Waals surface area contributed by atoms with Crippen molar-refractivity contribution in [1.82, 2.24) is 10.2 Å². The van der Waals surface area contributed by atoms with Gasteiger partial charge in [0.25, 0.3) is 5.91 Å². The third-order valence-electron chi connectivity index (χ3n) is 7.31. The highest BCUT2D eigenvalue weighted by molar-refractivity contribution is 6.00. The van der Waals surface area contributed by atoms with Gasteiger partial charge in [0.05, 0.1) is 0 Å². The summed E-state index contributed by atoms with van der Waals surface area (Å²) in [7, 11) is 0. The van der Waals surface area contributed by atoms with Crippen LogP contribution in [0.2, 0.25) is 0 Å². The summed E-state index contributed by atoms with van der Waals surface area (Å²) >= 11 is 0. The van der Waals surface area contributed by atoms with Gasteiger partial charge >= 0.3 is 6.09 Å². The number of unbranched alkanes of at least 4 members (excludes halogenated alkanes) is 4. The Kier molecular flexibility index (Phi) is 11.5. The van der Waals surface area contributed by atoms with Gasteiger partial charge in [-0.15, -0.1) is 0 Å². The highest BCUT2D eigenvalue weighted by atomic mass is 16.6. The molecule has 3 amide bonds. The van der Waals surface area contributed by atoms with Crippen molar-refractivity contribution in [2.45, 2.75) is 98.3 Å². The Labute approximate surface area is 251 Å². The molecule has 3 rings (SSSR count). The fraction of sp³-hybridized carbons (Fsp3) is 0.457. The molecule has 3 aromatic carbocycles. The molecular formula is C35H47N3O4. The molecule has 42 heavy (non-hydrogen) atoms. The monoisotopic (exact) mass is 573 g/mol. The minimum absolute atomic E-state index is 0.306. The summed E-state index contributed by atoms with van der Waals surface area (Å²) in [6.07, 6.45) is 4.30. The highest BCUT2D eigenvalue weighted by Gasteiger charge is 2.34. The van der Waals surface area contributed by atoms with Crippen LogP contribution in [0, 0.1) is 13.8 Å². The Balaban J connectivity index is 1.97. The number of alkyl carbamates (subject to hydrolysis) is 1. The molecule has 7 heteroatoms. The van der Waals surface area contributed by atoms with E-state index in [-0.39, 0.29) is 11.8 Å². The molecule has 0 aliphatic heterocycles. The van der Waals surface area contributed by atoms with Gasteiger partial charge in [-0.3, -0.25) is 9.59 Å². The van der Waals surface area contributed by atoms with E-state index in [1.54, 1.807) is 32.6 Å². The summed E-state index contributed by atoms with van der Waals surface area (Å²) < 4.78 is 5.40. The summed E-state index contributed by atoms with van der Waals surface area (Å²) in [5, 5.41) is 7.84. The molecule has 0 aromatic heterocycles. The SMILES string of the molecule is CCCCCCCN(C(=O)C(C)NC(=O)OC(C)(C)C)C(C(=O)Nc1ccc2ccccc2c1)c1ccc(C)c(C)c1. The van der Waals surface area contributed by atoms with Crippen molar-refractivity contribution in [2.75, 3.05) is 11.9 Å². The molecule has 0 spiro atoms. The van der Waals surface area contributed by atoms with Crippen LogP contribution in [0.4, 0.5) is 10.5 Å². The molecule has 0 bridgehead atoms. The molecule has 0 heterocycles. The number of anilines is 1. The third kappa shape index (κ3) is 9.33. The molecule has 2 atom stereocenters. The zero-order chi connectivity index (χ0) is 30.9. The van der Waals surface area contributed by atoms with Gasteiger partial charge in [-0.05, 0) is 87.6 Å². The van der Waals surface area contributed by atoms with Gasteiger partial charge in [0.15, 0.2) is 0 Å². The second-order valence-corrected chi connectivity index (χ2v) is 12.1. The summed E-state index contributed by atoms with van der Waals surface area (Å²) in [4.78, 5) is 42.3. The van der Waals surface area contributed by atoms with E-state index < -0.39 is 23.8 Å². The van der Waals surface area contributed by atoms with Gasteiger partial charge in [-0.1, -0.05) is 81.1 Å². The topological polar surface area (TPSA) is 87.7 Å². The van der Waals surface area contributed by atoms with E-state index in [1.807, 2.05) is 74.5 Å². The molecule has 0 fully saturated rings. The van der Waals surface area contributed by atoms with E-state index in [1.165, 1.54) is 0 Å². The predicted octanol–water partition coefficient (Wildman–Crippen LogP) is 7.85. The van der Waals surface area contributed by atoms with Crippen molar-refractivity contribution in [3.05, 3.63) is 77.4 Å². The number of ether oxygens (including phenoxy) is 1. The van der Waals surface area contributed by atoms with Gasteiger partial charge in [-0.2, -0.15) is 0 Å². The van der Waals surface area contributed by atoms with Crippen molar-refractivity contribution in [3.8, 4) is 0 Å². The van der Waals surface area contributed by atoms with Gasteiger partial charge in [0, 0.05) is 12.2 Å². The molecule has 0 saturated carbocycles. The number of benzene rings is 3. The Morgan fingerprint density at radius 3 is 2.21 bits per heavy atom. The van der Waals surface area contributed by atoms with Crippen molar-refractivity contribution in [3.63, 3.8) is 0 Å². The minimum atomic E-state index is -0.891. The fourth-order valence-electron chi connectivity index (χ4n) is 4.93. The molecule has 3 aromatic rings. The van der Waals surface area contributed by atoms with Crippen LogP contribution in [0.3, 0.4) is 0 Å². The molecule has 7 nitrogen and oxygen atoms in total. The normalized spacial score (nSPS) is 12.8. The van der Waals surface area contributed by atoms with E-state index in [0.717, 1.165) is 59.6 Å². The average molecular weight is 574 g/mol. The number of fused-ring (bicyclic) bond motifs is 1. The molecule has 0 aliphatic carbocycles. The number of amides is 3. The number of carbonyl (C=O) groups is 3. The Bertz CT molecular complexity index is 1380. The highest BCUT2D eigenvalue weighted by Crippen LogP contribution is 2.28. The van der Waals surface area contributed by atoms with Crippen molar-refractivity contribution >= 4 is 34.4 Å². The number of hydrogen-bond acceptors (Lipinski definition) is 4. The second kappa shape index (κ2) is 14.9. The van der Waals surface area contributed by atoms with E-state index in [2.05, 4.69) is 17.6 Å². The number of nitrogens with one attached hydrogen (secondary N) is 2. The van der Waals surface area contributed by atoms with E-state index in [9.17, 15) is 14.4 Å². The van der Waals surface area contributed by atoms with Crippen LogP contribution in [-0.4, -0.2) is 41.0 Å². The third-order valence-corrected chi connectivity index (χ3v) is 7.31. The van der Waals surface area contributed by atoms with E-state index in [0.29, 0.717) is 12.2 Å². The standard InChI is InChI=1S/C35H47N3O4/c1-8-9-10-11-14-21-38(33(40)26(4)36-34(41)42-35(5,6)7)31(29-18-17-24(2)25(3)22-29)32(39)37-30-20-19-27-15-12-13-16-28(27)23-30/h12-13,15-20,22-23,26,31H,8-11,14,21H2,1-7H3,(H,36,41)(H,37,39).